The Bertz CT molecular complexity index is 710. The van der Waals surface area contributed by atoms with Crippen LogP contribution in [0.5, 0.6) is 5.75 Å². The number of benzene rings is 1. The predicted molar refractivity (Wildman–Crippen MR) is 89.2 cm³/mol. The van der Waals surface area contributed by atoms with Crippen LogP contribution >= 0.6 is 11.3 Å². The van der Waals surface area contributed by atoms with Crippen LogP contribution in [0.1, 0.15) is 37.9 Å². The molecule has 2 aromatic rings. The van der Waals surface area contributed by atoms with Crippen molar-refractivity contribution in [1.82, 2.24) is 4.90 Å². The number of carbonyl (C=O) groups is 2. The standard InChI is InChI=1S/C17H19NO4S/c1-11(12-7-5-6-8-13(12)21-3)18(2)16(19)14-9-10-15(23-14)17(20)22-4/h5-11H,1-4H3/t11-/m0/s1. The Labute approximate surface area is 139 Å². The largest absolute Gasteiger partial charge is 0.496 e. The highest BCUT2D eigenvalue weighted by atomic mass is 32.1. The normalized spacial score (nSPS) is 11.7. The van der Waals surface area contributed by atoms with Crippen molar-refractivity contribution in [3.05, 3.63) is 51.7 Å². The summed E-state index contributed by atoms with van der Waals surface area (Å²) in [5.41, 5.74) is 0.926. The molecule has 1 heterocycles. The van der Waals surface area contributed by atoms with Gasteiger partial charge in [-0.25, -0.2) is 4.79 Å². The second-order valence-corrected chi connectivity index (χ2v) is 6.07. The highest BCUT2D eigenvalue weighted by Crippen LogP contribution is 2.30. The molecule has 0 N–H and O–H groups in total. The van der Waals surface area contributed by atoms with Crippen LogP contribution in [0.15, 0.2) is 36.4 Å². The molecule has 0 radical (unpaired) electrons. The van der Waals surface area contributed by atoms with Crippen LogP contribution in [0.25, 0.3) is 0 Å². The lowest BCUT2D eigenvalue weighted by molar-refractivity contribution is 0.0606. The van der Waals surface area contributed by atoms with Crippen molar-refractivity contribution in [2.45, 2.75) is 13.0 Å². The summed E-state index contributed by atoms with van der Waals surface area (Å²) in [5, 5.41) is 0. The molecule has 0 aliphatic carbocycles. The Balaban J connectivity index is 2.22. The highest BCUT2D eigenvalue weighted by molar-refractivity contribution is 7.15. The fraction of sp³-hybridized carbons (Fsp3) is 0.294. The molecule has 1 amide bonds. The van der Waals surface area contributed by atoms with E-state index in [2.05, 4.69) is 4.74 Å². The molecule has 5 nitrogen and oxygen atoms in total. The van der Waals surface area contributed by atoms with E-state index < -0.39 is 5.97 Å². The third-order valence-corrected chi connectivity index (χ3v) is 4.75. The molecule has 0 saturated heterocycles. The van der Waals surface area contributed by atoms with E-state index in [-0.39, 0.29) is 11.9 Å². The predicted octanol–water partition coefficient (Wildman–Crippen LogP) is 3.38. The van der Waals surface area contributed by atoms with Gasteiger partial charge in [-0.05, 0) is 25.1 Å². The summed E-state index contributed by atoms with van der Waals surface area (Å²) in [5.74, 6) is 0.152. The third kappa shape index (κ3) is 3.53. The lowest BCUT2D eigenvalue weighted by Gasteiger charge is -2.26. The quantitative estimate of drug-likeness (QED) is 0.787. The van der Waals surface area contributed by atoms with Crippen LogP contribution in [-0.2, 0) is 4.74 Å². The van der Waals surface area contributed by atoms with Crippen molar-refractivity contribution in [3.8, 4) is 5.75 Å². The van der Waals surface area contributed by atoms with E-state index >= 15 is 0 Å². The van der Waals surface area contributed by atoms with Crippen LogP contribution in [0, 0.1) is 0 Å². The van der Waals surface area contributed by atoms with E-state index in [9.17, 15) is 9.59 Å². The maximum atomic E-state index is 12.6. The van der Waals surface area contributed by atoms with E-state index in [1.165, 1.54) is 7.11 Å². The molecule has 1 aromatic heterocycles. The SMILES string of the molecule is COC(=O)c1ccc(C(=O)N(C)[C@@H](C)c2ccccc2OC)s1. The average Bonchev–Trinajstić information content (AvgIpc) is 3.09. The maximum Gasteiger partial charge on any atom is 0.348 e. The van der Waals surface area contributed by atoms with Crippen molar-refractivity contribution in [3.63, 3.8) is 0 Å². The summed E-state index contributed by atoms with van der Waals surface area (Å²) in [6.07, 6.45) is 0. The first-order chi connectivity index (χ1) is 11.0. The van der Waals surface area contributed by atoms with E-state index in [0.29, 0.717) is 9.75 Å². The summed E-state index contributed by atoms with van der Waals surface area (Å²) >= 11 is 1.13. The first kappa shape index (κ1) is 17.0. The van der Waals surface area contributed by atoms with Gasteiger partial charge in [0.15, 0.2) is 0 Å². The Morgan fingerprint density at radius 1 is 1.09 bits per heavy atom. The molecule has 6 heteroatoms. The van der Waals surface area contributed by atoms with Crippen molar-refractivity contribution in [2.24, 2.45) is 0 Å². The molecule has 0 unspecified atom stereocenters. The van der Waals surface area contributed by atoms with Gasteiger partial charge in [0.2, 0.25) is 0 Å². The zero-order chi connectivity index (χ0) is 17.0. The molecule has 2 rings (SSSR count). The van der Waals surface area contributed by atoms with E-state index in [0.717, 1.165) is 22.6 Å². The second kappa shape index (κ2) is 7.28. The number of nitrogens with zero attached hydrogens (tertiary/aromatic N) is 1. The number of hydrogen-bond donors (Lipinski definition) is 0. The van der Waals surface area contributed by atoms with Gasteiger partial charge >= 0.3 is 5.97 Å². The van der Waals surface area contributed by atoms with Crippen LogP contribution in [0.4, 0.5) is 0 Å². The maximum absolute atomic E-state index is 12.6. The van der Waals surface area contributed by atoms with Crippen LogP contribution < -0.4 is 4.74 Å². The third-order valence-electron chi connectivity index (χ3n) is 3.69. The lowest BCUT2D eigenvalue weighted by Crippen LogP contribution is -2.29. The fourth-order valence-electron chi connectivity index (χ4n) is 2.23. The van der Waals surface area contributed by atoms with Gasteiger partial charge in [-0.1, -0.05) is 18.2 Å². The summed E-state index contributed by atoms with van der Waals surface area (Å²) in [6, 6.07) is 10.7. The molecular formula is C17H19NO4S. The monoisotopic (exact) mass is 333 g/mol. The topological polar surface area (TPSA) is 55.8 Å². The van der Waals surface area contributed by atoms with E-state index in [1.54, 1.807) is 31.2 Å². The van der Waals surface area contributed by atoms with Crippen molar-refractivity contribution in [2.75, 3.05) is 21.3 Å². The second-order valence-electron chi connectivity index (χ2n) is 4.99. The van der Waals surface area contributed by atoms with Crippen LogP contribution in [0.2, 0.25) is 0 Å². The summed E-state index contributed by atoms with van der Waals surface area (Å²) < 4.78 is 10.0. The molecule has 0 spiro atoms. The molecule has 122 valence electrons. The number of carbonyl (C=O) groups excluding carboxylic acids is 2. The van der Waals surface area contributed by atoms with Gasteiger partial charge in [0.1, 0.15) is 10.6 Å². The summed E-state index contributed by atoms with van der Waals surface area (Å²) in [7, 11) is 4.66. The van der Waals surface area contributed by atoms with Gasteiger partial charge in [0, 0.05) is 12.6 Å². The van der Waals surface area contributed by atoms with E-state index in [1.807, 2.05) is 31.2 Å². The number of hydrogen-bond acceptors (Lipinski definition) is 5. The molecule has 0 aliphatic heterocycles. The van der Waals surface area contributed by atoms with Crippen LogP contribution in [0.3, 0.4) is 0 Å². The van der Waals surface area contributed by atoms with Crippen molar-refractivity contribution < 1.29 is 19.1 Å². The fourth-order valence-corrected chi connectivity index (χ4v) is 3.14. The smallest absolute Gasteiger partial charge is 0.348 e. The van der Waals surface area contributed by atoms with Gasteiger partial charge < -0.3 is 14.4 Å². The minimum atomic E-state index is -0.436. The molecule has 0 bridgehead atoms. The molecule has 1 aromatic carbocycles. The number of rotatable bonds is 5. The minimum absolute atomic E-state index is 0.149. The molecular weight excluding hydrogens is 314 g/mol. The lowest BCUT2D eigenvalue weighted by atomic mass is 10.1. The first-order valence-corrected chi connectivity index (χ1v) is 7.89. The van der Waals surface area contributed by atoms with Gasteiger partial charge in [-0.2, -0.15) is 0 Å². The number of thiophene rings is 1. The first-order valence-electron chi connectivity index (χ1n) is 7.07. The van der Waals surface area contributed by atoms with Gasteiger partial charge in [0.25, 0.3) is 5.91 Å². The Kier molecular flexibility index (Phi) is 5.39. The zero-order valence-corrected chi connectivity index (χ0v) is 14.3. The molecule has 0 saturated carbocycles. The minimum Gasteiger partial charge on any atom is -0.496 e. The van der Waals surface area contributed by atoms with Crippen molar-refractivity contribution >= 4 is 23.2 Å². The number of methoxy groups -OCH3 is 2. The Hall–Kier alpha value is -2.34. The van der Waals surface area contributed by atoms with Gasteiger partial charge in [0.05, 0.1) is 25.1 Å². The van der Waals surface area contributed by atoms with Crippen LogP contribution in [-0.4, -0.2) is 38.0 Å². The summed E-state index contributed by atoms with van der Waals surface area (Å²) in [4.78, 5) is 26.7. The number of amides is 1. The Morgan fingerprint density at radius 3 is 2.39 bits per heavy atom. The van der Waals surface area contributed by atoms with Crippen molar-refractivity contribution in [1.29, 1.82) is 0 Å². The van der Waals surface area contributed by atoms with E-state index in [4.69, 9.17) is 4.74 Å². The molecule has 23 heavy (non-hydrogen) atoms. The molecule has 0 aliphatic rings. The number of para-hydroxylation sites is 1. The zero-order valence-electron chi connectivity index (χ0n) is 13.5. The van der Waals surface area contributed by atoms with Gasteiger partial charge in [-0.15, -0.1) is 11.3 Å². The Morgan fingerprint density at radius 2 is 1.74 bits per heavy atom. The average molecular weight is 333 g/mol. The number of esters is 1. The molecule has 0 fully saturated rings. The van der Waals surface area contributed by atoms with Gasteiger partial charge in [-0.3, -0.25) is 4.79 Å². The summed E-state index contributed by atoms with van der Waals surface area (Å²) in [6.45, 7) is 1.94. The highest BCUT2D eigenvalue weighted by Gasteiger charge is 2.23. The number of ether oxygens (including phenoxy) is 2. The molecule has 1 atom stereocenters.